The van der Waals surface area contributed by atoms with Crippen molar-refractivity contribution < 1.29 is 0 Å². The SMILES string of the molecule is C[C@H]1CN(Cc2cnn(-c3ccc(Br)cc3)c2)CCN1. The Hall–Kier alpha value is -1.17. The Morgan fingerprint density at radius 3 is 2.90 bits per heavy atom. The van der Waals surface area contributed by atoms with Gasteiger partial charge in [0.25, 0.3) is 0 Å². The van der Waals surface area contributed by atoms with Gasteiger partial charge in [-0.25, -0.2) is 4.68 Å². The van der Waals surface area contributed by atoms with E-state index < -0.39 is 0 Å². The summed E-state index contributed by atoms with van der Waals surface area (Å²) in [6.45, 7) is 6.49. The largest absolute Gasteiger partial charge is 0.312 e. The van der Waals surface area contributed by atoms with E-state index in [1.807, 2.05) is 23.0 Å². The molecule has 0 radical (unpaired) electrons. The first kappa shape index (κ1) is 13.8. The van der Waals surface area contributed by atoms with Crippen molar-refractivity contribution in [1.29, 1.82) is 0 Å². The van der Waals surface area contributed by atoms with E-state index in [0.717, 1.165) is 36.3 Å². The highest BCUT2D eigenvalue weighted by molar-refractivity contribution is 9.10. The minimum atomic E-state index is 0.574. The summed E-state index contributed by atoms with van der Waals surface area (Å²) in [4.78, 5) is 2.48. The van der Waals surface area contributed by atoms with E-state index in [1.165, 1.54) is 5.56 Å². The normalized spacial score (nSPS) is 20.2. The van der Waals surface area contributed by atoms with E-state index in [9.17, 15) is 0 Å². The van der Waals surface area contributed by atoms with Crippen LogP contribution in [0.15, 0.2) is 41.1 Å². The van der Waals surface area contributed by atoms with Crippen molar-refractivity contribution in [2.75, 3.05) is 19.6 Å². The number of aromatic nitrogens is 2. The minimum Gasteiger partial charge on any atom is -0.312 e. The monoisotopic (exact) mass is 334 g/mol. The van der Waals surface area contributed by atoms with Crippen molar-refractivity contribution >= 4 is 15.9 Å². The minimum absolute atomic E-state index is 0.574. The number of halogens is 1. The molecule has 1 aliphatic rings. The summed E-state index contributed by atoms with van der Waals surface area (Å²) in [5.41, 5.74) is 2.36. The van der Waals surface area contributed by atoms with E-state index in [-0.39, 0.29) is 0 Å². The smallest absolute Gasteiger partial charge is 0.0646 e. The summed E-state index contributed by atoms with van der Waals surface area (Å²) in [5, 5.41) is 7.93. The van der Waals surface area contributed by atoms with Crippen LogP contribution in [0.25, 0.3) is 5.69 Å². The Labute approximate surface area is 127 Å². The third-order valence-electron chi connectivity index (χ3n) is 3.59. The molecule has 1 atom stereocenters. The predicted molar refractivity (Wildman–Crippen MR) is 84.0 cm³/mol. The summed E-state index contributed by atoms with van der Waals surface area (Å²) in [6, 6.07) is 8.77. The second-order valence-electron chi connectivity index (χ2n) is 5.36. The summed E-state index contributed by atoms with van der Waals surface area (Å²) in [6.07, 6.45) is 4.09. The molecule has 1 fully saturated rings. The number of nitrogens with zero attached hydrogens (tertiary/aromatic N) is 3. The Kier molecular flexibility index (Phi) is 4.19. The number of hydrogen-bond donors (Lipinski definition) is 1. The van der Waals surface area contributed by atoms with Gasteiger partial charge in [0.15, 0.2) is 0 Å². The van der Waals surface area contributed by atoms with Gasteiger partial charge in [0.1, 0.15) is 0 Å². The van der Waals surface area contributed by atoms with Crippen LogP contribution >= 0.6 is 15.9 Å². The maximum Gasteiger partial charge on any atom is 0.0646 e. The Morgan fingerprint density at radius 1 is 1.35 bits per heavy atom. The van der Waals surface area contributed by atoms with Gasteiger partial charge < -0.3 is 5.32 Å². The van der Waals surface area contributed by atoms with E-state index in [2.05, 4.69) is 56.5 Å². The molecule has 1 N–H and O–H groups in total. The summed E-state index contributed by atoms with van der Waals surface area (Å²) in [7, 11) is 0. The number of hydrogen-bond acceptors (Lipinski definition) is 3. The van der Waals surface area contributed by atoms with Crippen LogP contribution in [0.4, 0.5) is 0 Å². The fraction of sp³-hybridized carbons (Fsp3) is 0.400. The van der Waals surface area contributed by atoms with Gasteiger partial charge in [0.2, 0.25) is 0 Å². The van der Waals surface area contributed by atoms with Crippen LogP contribution < -0.4 is 5.32 Å². The molecule has 0 amide bonds. The maximum absolute atomic E-state index is 4.46. The number of piperazine rings is 1. The maximum atomic E-state index is 4.46. The van der Waals surface area contributed by atoms with Crippen molar-refractivity contribution in [3.63, 3.8) is 0 Å². The highest BCUT2D eigenvalue weighted by Gasteiger charge is 2.16. The first-order chi connectivity index (χ1) is 9.70. The summed E-state index contributed by atoms with van der Waals surface area (Å²) >= 11 is 3.45. The van der Waals surface area contributed by atoms with Crippen LogP contribution in [0, 0.1) is 0 Å². The summed E-state index contributed by atoms with van der Waals surface area (Å²) in [5.74, 6) is 0. The molecule has 3 rings (SSSR count). The first-order valence-electron chi connectivity index (χ1n) is 6.96. The molecule has 1 aromatic heterocycles. The fourth-order valence-corrected chi connectivity index (χ4v) is 2.86. The molecule has 0 bridgehead atoms. The van der Waals surface area contributed by atoms with Gasteiger partial charge in [-0.2, -0.15) is 5.10 Å². The van der Waals surface area contributed by atoms with Crippen LogP contribution in [-0.2, 0) is 6.54 Å². The average Bonchev–Trinajstić information content (AvgIpc) is 2.88. The van der Waals surface area contributed by atoms with Crippen molar-refractivity contribution in [2.24, 2.45) is 0 Å². The van der Waals surface area contributed by atoms with Gasteiger partial charge >= 0.3 is 0 Å². The summed E-state index contributed by atoms with van der Waals surface area (Å²) < 4.78 is 3.02. The van der Waals surface area contributed by atoms with Gasteiger partial charge in [0, 0.05) is 48.5 Å². The third kappa shape index (κ3) is 3.29. The molecule has 0 aliphatic carbocycles. The molecule has 4 nitrogen and oxygen atoms in total. The van der Waals surface area contributed by atoms with Gasteiger partial charge in [-0.1, -0.05) is 15.9 Å². The van der Waals surface area contributed by atoms with Crippen LogP contribution in [0.5, 0.6) is 0 Å². The molecule has 0 saturated carbocycles. The second kappa shape index (κ2) is 6.08. The van der Waals surface area contributed by atoms with Crippen LogP contribution in [-0.4, -0.2) is 40.4 Å². The molecule has 0 spiro atoms. The van der Waals surface area contributed by atoms with E-state index in [1.54, 1.807) is 0 Å². The van der Waals surface area contributed by atoms with Gasteiger partial charge in [0.05, 0.1) is 11.9 Å². The number of rotatable bonds is 3. The molecule has 1 aromatic carbocycles. The van der Waals surface area contributed by atoms with Crippen molar-refractivity contribution in [3.05, 3.63) is 46.7 Å². The van der Waals surface area contributed by atoms with E-state index in [4.69, 9.17) is 0 Å². The molecule has 20 heavy (non-hydrogen) atoms. The lowest BCUT2D eigenvalue weighted by Crippen LogP contribution is -2.48. The van der Waals surface area contributed by atoms with Crippen molar-refractivity contribution in [2.45, 2.75) is 19.5 Å². The Morgan fingerprint density at radius 2 is 2.15 bits per heavy atom. The van der Waals surface area contributed by atoms with Crippen molar-refractivity contribution in [3.8, 4) is 5.69 Å². The zero-order chi connectivity index (χ0) is 13.9. The highest BCUT2D eigenvalue weighted by atomic mass is 79.9. The lowest BCUT2D eigenvalue weighted by atomic mass is 10.2. The lowest BCUT2D eigenvalue weighted by molar-refractivity contribution is 0.199. The van der Waals surface area contributed by atoms with Gasteiger partial charge in [-0.3, -0.25) is 4.90 Å². The molecule has 1 saturated heterocycles. The van der Waals surface area contributed by atoms with E-state index >= 15 is 0 Å². The standard InChI is InChI=1S/C15H19BrN4/c1-12-9-19(7-6-17-12)10-13-8-18-20(11-13)15-4-2-14(16)3-5-15/h2-5,8,11-12,17H,6-7,9-10H2,1H3/t12-/m0/s1. The number of nitrogens with one attached hydrogen (secondary N) is 1. The predicted octanol–water partition coefficient (Wildman–Crippen LogP) is 2.43. The highest BCUT2D eigenvalue weighted by Crippen LogP contribution is 2.15. The molecule has 1 aliphatic heterocycles. The molecule has 2 aromatic rings. The van der Waals surface area contributed by atoms with Gasteiger partial charge in [-0.15, -0.1) is 0 Å². The average molecular weight is 335 g/mol. The quantitative estimate of drug-likeness (QED) is 0.935. The van der Waals surface area contributed by atoms with Crippen LogP contribution in [0.1, 0.15) is 12.5 Å². The molecule has 0 unspecified atom stereocenters. The zero-order valence-corrected chi connectivity index (χ0v) is 13.2. The number of benzene rings is 1. The van der Waals surface area contributed by atoms with Crippen LogP contribution in [0.2, 0.25) is 0 Å². The molecular formula is C15H19BrN4. The van der Waals surface area contributed by atoms with Crippen molar-refractivity contribution in [1.82, 2.24) is 20.0 Å². The Balaban J connectivity index is 1.69. The van der Waals surface area contributed by atoms with Gasteiger partial charge in [-0.05, 0) is 31.2 Å². The van der Waals surface area contributed by atoms with E-state index in [0.29, 0.717) is 6.04 Å². The molecular weight excluding hydrogens is 316 g/mol. The third-order valence-corrected chi connectivity index (χ3v) is 4.11. The topological polar surface area (TPSA) is 33.1 Å². The molecule has 5 heteroatoms. The first-order valence-corrected chi connectivity index (χ1v) is 7.75. The molecule has 106 valence electrons. The van der Waals surface area contributed by atoms with Crippen LogP contribution in [0.3, 0.4) is 0 Å². The lowest BCUT2D eigenvalue weighted by Gasteiger charge is -2.31. The fourth-order valence-electron chi connectivity index (χ4n) is 2.59. The zero-order valence-electron chi connectivity index (χ0n) is 11.6. The Bertz CT molecular complexity index is 564. The second-order valence-corrected chi connectivity index (χ2v) is 6.28. The molecule has 2 heterocycles.